The van der Waals surface area contributed by atoms with Crippen LogP contribution < -0.4 is 5.56 Å². The zero-order valence-electron chi connectivity index (χ0n) is 12.7. The van der Waals surface area contributed by atoms with Crippen molar-refractivity contribution in [2.45, 2.75) is 0 Å². The molecule has 3 nitrogen and oxygen atoms in total. The van der Waals surface area contributed by atoms with Crippen LogP contribution in [0.4, 0.5) is 0 Å². The van der Waals surface area contributed by atoms with Gasteiger partial charge in [0.15, 0.2) is 0 Å². The number of aromatic nitrogens is 1. The van der Waals surface area contributed by atoms with Crippen LogP contribution in [0, 0.1) is 0 Å². The first-order valence-corrected chi connectivity index (χ1v) is 9.17. The molecule has 0 amide bonds. The first-order chi connectivity index (χ1) is 11.7. The average Bonchev–Trinajstić information content (AvgIpc) is 2.99. The van der Waals surface area contributed by atoms with Crippen molar-refractivity contribution < 1.29 is 4.79 Å². The molecule has 4 heteroatoms. The van der Waals surface area contributed by atoms with Crippen molar-refractivity contribution in [2.75, 3.05) is 0 Å². The number of rotatable bonds is 3. The van der Waals surface area contributed by atoms with Gasteiger partial charge in [-0.2, -0.15) is 0 Å². The van der Waals surface area contributed by atoms with Gasteiger partial charge in [0, 0.05) is 0 Å². The van der Waals surface area contributed by atoms with Gasteiger partial charge in [-0.1, -0.05) is 0 Å². The summed E-state index contributed by atoms with van der Waals surface area (Å²) in [5.74, 6) is -0.0105. The molecule has 0 N–H and O–H groups in total. The van der Waals surface area contributed by atoms with E-state index in [1.807, 2.05) is 54.6 Å². The fourth-order valence-corrected chi connectivity index (χ4v) is 4.74. The normalized spacial score (nSPS) is 10.8. The summed E-state index contributed by atoms with van der Waals surface area (Å²) in [7, 11) is 0. The number of hydrogen-bond donors (Lipinski definition) is 0. The molecule has 0 aliphatic rings. The molecule has 0 fully saturated rings. The van der Waals surface area contributed by atoms with E-state index in [1.165, 1.54) is 0 Å². The molecule has 1 heterocycles. The summed E-state index contributed by atoms with van der Waals surface area (Å²) in [4.78, 5) is 25.0. The van der Waals surface area contributed by atoms with Gasteiger partial charge in [0.1, 0.15) is 0 Å². The van der Waals surface area contributed by atoms with Crippen LogP contribution in [0.5, 0.6) is 0 Å². The summed E-state index contributed by atoms with van der Waals surface area (Å²) in [6.45, 7) is 0. The minimum absolute atomic E-state index is 0.0105. The van der Waals surface area contributed by atoms with Gasteiger partial charge in [-0.25, -0.2) is 0 Å². The van der Waals surface area contributed by atoms with E-state index in [0.717, 1.165) is 15.3 Å². The zero-order valence-corrected chi connectivity index (χ0v) is 14.4. The van der Waals surface area contributed by atoms with Crippen molar-refractivity contribution in [3.63, 3.8) is 0 Å². The Morgan fingerprint density at radius 3 is 2.08 bits per heavy atom. The number of ketones is 1. The topological polar surface area (TPSA) is 39.1 Å². The summed E-state index contributed by atoms with van der Waals surface area (Å²) in [5, 5.41) is 0.780. The monoisotopic (exact) mass is 379 g/mol. The Hall–Kier alpha value is -2.68. The SMILES string of the molecule is O=C(c1ccccc1)c1ccc(-n2[se]c3ccccc3c2=O)cc1. The Kier molecular flexibility index (Phi) is 3.77. The summed E-state index contributed by atoms with van der Waals surface area (Å²) < 4.78 is 2.90. The van der Waals surface area contributed by atoms with Gasteiger partial charge in [-0.3, -0.25) is 0 Å². The molecule has 0 bridgehead atoms. The molecule has 0 aliphatic heterocycles. The van der Waals surface area contributed by atoms with Crippen molar-refractivity contribution in [3.05, 3.63) is 100 Å². The van der Waals surface area contributed by atoms with E-state index < -0.39 is 0 Å². The van der Waals surface area contributed by atoms with Gasteiger partial charge in [0.05, 0.1) is 0 Å². The molecule has 4 rings (SSSR count). The van der Waals surface area contributed by atoms with Crippen LogP contribution in [-0.2, 0) is 0 Å². The van der Waals surface area contributed by atoms with E-state index in [-0.39, 0.29) is 26.1 Å². The molecule has 116 valence electrons. The summed E-state index contributed by atoms with van der Waals surface area (Å²) >= 11 is -0.0569. The van der Waals surface area contributed by atoms with E-state index in [2.05, 4.69) is 0 Å². The van der Waals surface area contributed by atoms with Crippen molar-refractivity contribution in [3.8, 4) is 5.69 Å². The van der Waals surface area contributed by atoms with Gasteiger partial charge in [-0.15, -0.1) is 0 Å². The third kappa shape index (κ3) is 2.56. The maximum atomic E-state index is 12.5. The third-order valence-electron chi connectivity index (χ3n) is 3.89. The molecule has 0 saturated carbocycles. The quantitative estimate of drug-likeness (QED) is 0.406. The first-order valence-electron chi connectivity index (χ1n) is 7.55. The summed E-state index contributed by atoms with van der Waals surface area (Å²) in [6, 6.07) is 24.2. The second-order valence-electron chi connectivity index (χ2n) is 5.43. The van der Waals surface area contributed by atoms with Crippen LogP contribution in [-0.4, -0.2) is 24.1 Å². The van der Waals surface area contributed by atoms with Crippen molar-refractivity contribution in [1.82, 2.24) is 3.56 Å². The second kappa shape index (κ2) is 6.08. The van der Waals surface area contributed by atoms with Crippen molar-refractivity contribution in [1.29, 1.82) is 0 Å². The first kappa shape index (κ1) is 14.9. The van der Waals surface area contributed by atoms with Gasteiger partial charge < -0.3 is 0 Å². The Bertz CT molecular complexity index is 1080. The molecule has 1 aromatic heterocycles. The Labute approximate surface area is 144 Å². The van der Waals surface area contributed by atoms with Crippen LogP contribution >= 0.6 is 0 Å². The zero-order chi connectivity index (χ0) is 16.5. The van der Waals surface area contributed by atoms with E-state index in [1.54, 1.807) is 27.8 Å². The molecular weight excluding hydrogens is 365 g/mol. The summed E-state index contributed by atoms with van der Waals surface area (Å²) in [5.41, 5.74) is 2.16. The van der Waals surface area contributed by atoms with Gasteiger partial charge in [0.2, 0.25) is 0 Å². The molecule has 0 radical (unpaired) electrons. The van der Waals surface area contributed by atoms with Gasteiger partial charge in [-0.05, 0) is 0 Å². The molecule has 0 spiro atoms. The van der Waals surface area contributed by atoms with E-state index >= 15 is 0 Å². The van der Waals surface area contributed by atoms with Crippen LogP contribution in [0.1, 0.15) is 15.9 Å². The number of nitrogens with zero attached hydrogens (tertiary/aromatic N) is 1. The molecule has 4 aromatic rings. The van der Waals surface area contributed by atoms with Crippen LogP contribution in [0.15, 0.2) is 83.7 Å². The molecule has 0 aliphatic carbocycles. The second-order valence-corrected chi connectivity index (χ2v) is 7.50. The Morgan fingerprint density at radius 2 is 1.38 bits per heavy atom. The van der Waals surface area contributed by atoms with Crippen LogP contribution in [0.3, 0.4) is 0 Å². The van der Waals surface area contributed by atoms with E-state index in [4.69, 9.17) is 0 Å². The molecular formula is C20H13NO2Se. The maximum absolute atomic E-state index is 12.5. The Balaban J connectivity index is 1.72. The molecule has 0 unspecified atom stereocenters. The number of benzene rings is 3. The minimum atomic E-state index is -0.0569. The molecule has 0 atom stereocenters. The number of carbonyl (C=O) groups excluding carboxylic acids is 1. The van der Waals surface area contributed by atoms with Crippen molar-refractivity contribution in [2.24, 2.45) is 0 Å². The predicted molar refractivity (Wildman–Crippen MR) is 96.4 cm³/mol. The third-order valence-corrected chi connectivity index (χ3v) is 6.22. The molecule has 24 heavy (non-hydrogen) atoms. The fraction of sp³-hybridized carbons (Fsp3) is 0. The summed E-state index contributed by atoms with van der Waals surface area (Å²) in [6.07, 6.45) is 0. The Morgan fingerprint density at radius 1 is 0.750 bits per heavy atom. The number of carbonyl (C=O) groups is 1. The molecule has 3 aromatic carbocycles. The van der Waals surface area contributed by atoms with E-state index in [0.29, 0.717) is 11.1 Å². The molecule has 0 saturated heterocycles. The number of hydrogen-bond acceptors (Lipinski definition) is 2. The predicted octanol–water partition coefficient (Wildman–Crippen LogP) is 3.28. The van der Waals surface area contributed by atoms with Crippen LogP contribution in [0.25, 0.3) is 15.3 Å². The average molecular weight is 378 g/mol. The number of fused-ring (bicyclic) bond motifs is 1. The van der Waals surface area contributed by atoms with Gasteiger partial charge >= 0.3 is 145 Å². The fourth-order valence-electron chi connectivity index (χ4n) is 2.65. The van der Waals surface area contributed by atoms with E-state index in [9.17, 15) is 9.59 Å². The van der Waals surface area contributed by atoms with Crippen LogP contribution in [0.2, 0.25) is 0 Å². The van der Waals surface area contributed by atoms with Crippen molar-refractivity contribution >= 4 is 30.2 Å². The van der Waals surface area contributed by atoms with Gasteiger partial charge in [0.25, 0.3) is 0 Å². The standard InChI is InChI=1S/C20H13NO2Se/c22-19(14-6-2-1-3-7-14)15-10-12-16(13-11-15)21-20(23)17-8-4-5-9-18(17)24-21/h1-13H.